The highest BCUT2D eigenvalue weighted by Gasteiger charge is 2.18. The Balaban J connectivity index is 0.00000192. The topological polar surface area (TPSA) is 66.0 Å². The van der Waals surface area contributed by atoms with Crippen molar-refractivity contribution in [1.29, 1.82) is 0 Å². The van der Waals surface area contributed by atoms with E-state index in [1.54, 1.807) is 0 Å². The van der Waals surface area contributed by atoms with E-state index < -0.39 is 0 Å². The SMILES string of the molecule is I.O=C(c1cccc(CNC2=NCCCN2)c1)N1CCOCC1. The van der Waals surface area contributed by atoms with Crippen molar-refractivity contribution in [1.82, 2.24) is 15.5 Å². The molecule has 2 heterocycles. The second-order valence-electron chi connectivity index (χ2n) is 5.47. The van der Waals surface area contributed by atoms with Crippen molar-refractivity contribution in [3.63, 3.8) is 0 Å². The summed E-state index contributed by atoms with van der Waals surface area (Å²) in [6.45, 7) is 5.07. The number of halogens is 1. The number of benzene rings is 1. The lowest BCUT2D eigenvalue weighted by Gasteiger charge is -2.27. The highest BCUT2D eigenvalue weighted by molar-refractivity contribution is 14.0. The van der Waals surface area contributed by atoms with Gasteiger partial charge in [-0.05, 0) is 24.1 Å². The number of nitrogens with zero attached hydrogens (tertiary/aromatic N) is 2. The average Bonchev–Trinajstić information content (AvgIpc) is 2.61. The predicted molar refractivity (Wildman–Crippen MR) is 100 cm³/mol. The Bertz CT molecular complexity index is 559. The second-order valence-corrected chi connectivity index (χ2v) is 5.47. The van der Waals surface area contributed by atoms with E-state index in [0.717, 1.165) is 36.6 Å². The summed E-state index contributed by atoms with van der Waals surface area (Å²) in [4.78, 5) is 18.7. The lowest BCUT2D eigenvalue weighted by Crippen LogP contribution is -2.41. The van der Waals surface area contributed by atoms with Gasteiger partial charge in [0.2, 0.25) is 0 Å². The molecule has 0 unspecified atom stereocenters. The molecule has 1 amide bonds. The number of hydrogen-bond donors (Lipinski definition) is 2. The van der Waals surface area contributed by atoms with E-state index in [9.17, 15) is 4.79 Å². The molecule has 0 saturated carbocycles. The molecule has 0 bridgehead atoms. The zero-order valence-electron chi connectivity index (χ0n) is 13.1. The Labute approximate surface area is 153 Å². The number of ether oxygens (including phenoxy) is 1. The zero-order chi connectivity index (χ0) is 15.2. The maximum atomic E-state index is 12.5. The Morgan fingerprint density at radius 2 is 2.17 bits per heavy atom. The van der Waals surface area contributed by atoms with Crippen molar-refractivity contribution in [2.24, 2.45) is 4.99 Å². The molecule has 2 aliphatic rings. The molecule has 1 saturated heterocycles. The lowest BCUT2D eigenvalue weighted by molar-refractivity contribution is 0.0303. The van der Waals surface area contributed by atoms with Gasteiger partial charge in [-0.3, -0.25) is 9.79 Å². The predicted octanol–water partition coefficient (Wildman–Crippen LogP) is 1.22. The van der Waals surface area contributed by atoms with Crippen LogP contribution in [0.3, 0.4) is 0 Å². The number of amides is 1. The number of nitrogens with one attached hydrogen (secondary N) is 2. The van der Waals surface area contributed by atoms with Crippen LogP contribution in [0.5, 0.6) is 0 Å². The van der Waals surface area contributed by atoms with Crippen molar-refractivity contribution in [3.05, 3.63) is 35.4 Å². The molecule has 3 rings (SSSR count). The molecule has 0 aromatic heterocycles. The van der Waals surface area contributed by atoms with Crippen molar-refractivity contribution >= 4 is 35.8 Å². The first-order valence-corrected chi connectivity index (χ1v) is 7.81. The van der Waals surface area contributed by atoms with Gasteiger partial charge >= 0.3 is 0 Å². The molecule has 0 spiro atoms. The van der Waals surface area contributed by atoms with Gasteiger partial charge in [-0.15, -0.1) is 24.0 Å². The highest BCUT2D eigenvalue weighted by atomic mass is 127. The zero-order valence-corrected chi connectivity index (χ0v) is 15.4. The third-order valence-electron chi connectivity index (χ3n) is 3.83. The van der Waals surface area contributed by atoms with Crippen LogP contribution < -0.4 is 10.6 Å². The van der Waals surface area contributed by atoms with Gasteiger partial charge in [0.1, 0.15) is 0 Å². The first kappa shape index (κ1) is 18.0. The van der Waals surface area contributed by atoms with Crippen LogP contribution in [-0.2, 0) is 11.3 Å². The van der Waals surface area contributed by atoms with Gasteiger partial charge in [0.15, 0.2) is 5.96 Å². The van der Waals surface area contributed by atoms with Gasteiger partial charge in [-0.25, -0.2) is 0 Å². The van der Waals surface area contributed by atoms with E-state index >= 15 is 0 Å². The van der Waals surface area contributed by atoms with E-state index in [1.807, 2.05) is 29.2 Å². The minimum Gasteiger partial charge on any atom is -0.378 e. The van der Waals surface area contributed by atoms with Crippen LogP contribution >= 0.6 is 24.0 Å². The number of rotatable bonds is 3. The summed E-state index contributed by atoms with van der Waals surface area (Å²) in [6, 6.07) is 7.78. The molecule has 0 aliphatic carbocycles. The Hall–Kier alpha value is -1.35. The van der Waals surface area contributed by atoms with Gasteiger partial charge in [-0.2, -0.15) is 0 Å². The third-order valence-corrected chi connectivity index (χ3v) is 3.83. The van der Waals surface area contributed by atoms with Gasteiger partial charge in [0.05, 0.1) is 13.2 Å². The highest BCUT2D eigenvalue weighted by Crippen LogP contribution is 2.10. The smallest absolute Gasteiger partial charge is 0.254 e. The average molecular weight is 430 g/mol. The maximum Gasteiger partial charge on any atom is 0.254 e. The Morgan fingerprint density at radius 1 is 1.35 bits per heavy atom. The standard InChI is InChI=1S/C16H22N4O2.HI/c21-15(20-7-9-22-10-8-20)14-4-1-3-13(11-14)12-19-16-17-5-2-6-18-16;/h1,3-4,11H,2,5-10,12H2,(H2,17,18,19);1H. The van der Waals surface area contributed by atoms with Gasteiger partial charge < -0.3 is 20.3 Å². The van der Waals surface area contributed by atoms with Crippen LogP contribution in [0.2, 0.25) is 0 Å². The normalized spacial score (nSPS) is 17.6. The van der Waals surface area contributed by atoms with Crippen molar-refractivity contribution < 1.29 is 9.53 Å². The number of carbonyl (C=O) groups excluding carboxylic acids is 1. The van der Waals surface area contributed by atoms with Gasteiger partial charge in [-0.1, -0.05) is 12.1 Å². The van der Waals surface area contributed by atoms with Crippen molar-refractivity contribution in [2.45, 2.75) is 13.0 Å². The third kappa shape index (κ3) is 5.07. The number of carbonyl (C=O) groups is 1. The molecule has 2 N–H and O–H groups in total. The first-order chi connectivity index (χ1) is 10.8. The number of hydrogen-bond acceptors (Lipinski definition) is 5. The minimum atomic E-state index is 0. The summed E-state index contributed by atoms with van der Waals surface area (Å²) in [5.74, 6) is 0.925. The molecular weight excluding hydrogens is 407 g/mol. The maximum absolute atomic E-state index is 12.5. The largest absolute Gasteiger partial charge is 0.378 e. The molecule has 1 aromatic carbocycles. The number of guanidine groups is 1. The molecule has 1 aromatic rings. The molecule has 23 heavy (non-hydrogen) atoms. The van der Waals surface area contributed by atoms with Crippen molar-refractivity contribution in [2.75, 3.05) is 39.4 Å². The summed E-state index contributed by atoms with van der Waals surface area (Å²) < 4.78 is 5.29. The van der Waals surface area contributed by atoms with E-state index in [1.165, 1.54) is 0 Å². The number of aliphatic imine (C=N–C) groups is 1. The second kappa shape index (κ2) is 9.07. The number of morpholine rings is 1. The molecule has 0 radical (unpaired) electrons. The van der Waals surface area contributed by atoms with Crippen LogP contribution in [0, 0.1) is 0 Å². The monoisotopic (exact) mass is 430 g/mol. The van der Waals surface area contributed by atoms with E-state index in [4.69, 9.17) is 4.74 Å². The van der Waals surface area contributed by atoms with Crippen LogP contribution in [0.15, 0.2) is 29.3 Å². The molecule has 6 nitrogen and oxygen atoms in total. The summed E-state index contributed by atoms with van der Waals surface area (Å²) in [5, 5.41) is 6.51. The first-order valence-electron chi connectivity index (χ1n) is 7.81. The van der Waals surface area contributed by atoms with E-state index in [-0.39, 0.29) is 29.9 Å². The fourth-order valence-corrected chi connectivity index (χ4v) is 2.60. The minimum absolute atomic E-state index is 0. The van der Waals surface area contributed by atoms with Gasteiger partial charge in [0.25, 0.3) is 5.91 Å². The lowest BCUT2D eigenvalue weighted by atomic mass is 10.1. The Kier molecular flexibility index (Phi) is 7.10. The summed E-state index contributed by atoms with van der Waals surface area (Å²) >= 11 is 0. The molecule has 0 atom stereocenters. The van der Waals surface area contributed by atoms with Crippen LogP contribution in [0.4, 0.5) is 0 Å². The summed E-state index contributed by atoms with van der Waals surface area (Å²) in [7, 11) is 0. The summed E-state index contributed by atoms with van der Waals surface area (Å²) in [6.07, 6.45) is 1.08. The Morgan fingerprint density at radius 3 is 2.91 bits per heavy atom. The fourth-order valence-electron chi connectivity index (χ4n) is 2.60. The van der Waals surface area contributed by atoms with Crippen LogP contribution in [0.1, 0.15) is 22.3 Å². The summed E-state index contributed by atoms with van der Waals surface area (Å²) in [5.41, 5.74) is 1.81. The van der Waals surface area contributed by atoms with E-state index in [2.05, 4.69) is 15.6 Å². The quantitative estimate of drug-likeness (QED) is 0.708. The molecule has 1 fully saturated rings. The molecule has 2 aliphatic heterocycles. The molecular formula is C16H23IN4O2. The van der Waals surface area contributed by atoms with Crippen molar-refractivity contribution in [3.8, 4) is 0 Å². The molecule has 7 heteroatoms. The molecule has 126 valence electrons. The fraction of sp³-hybridized carbons (Fsp3) is 0.500. The van der Waals surface area contributed by atoms with Gasteiger partial charge in [0, 0.05) is 38.3 Å². The van der Waals surface area contributed by atoms with Crippen LogP contribution in [0.25, 0.3) is 0 Å². The van der Waals surface area contributed by atoms with Crippen LogP contribution in [-0.4, -0.2) is 56.2 Å². The van der Waals surface area contributed by atoms with E-state index in [0.29, 0.717) is 32.8 Å².